The molecule has 0 atom stereocenters. The van der Waals surface area contributed by atoms with Crippen molar-refractivity contribution in [1.29, 1.82) is 0 Å². The molecule has 0 bridgehead atoms. The van der Waals surface area contributed by atoms with Crippen molar-refractivity contribution in [2.45, 2.75) is 0 Å². The summed E-state index contributed by atoms with van der Waals surface area (Å²) < 4.78 is 48.0. The van der Waals surface area contributed by atoms with E-state index in [0.717, 1.165) is 7.11 Å². The first-order valence-electron chi connectivity index (χ1n) is 4.60. The topological polar surface area (TPSA) is 65.2 Å². The van der Waals surface area contributed by atoms with Crippen LogP contribution in [0.3, 0.4) is 0 Å². The molecule has 0 saturated carbocycles. The van der Waals surface area contributed by atoms with Gasteiger partial charge in [-0.3, -0.25) is 0 Å². The Morgan fingerprint density at radius 2 is 2.06 bits per heavy atom. The quantitative estimate of drug-likeness (QED) is 0.608. The second-order valence-corrected chi connectivity index (χ2v) is 3.16. The maximum absolute atomic E-state index is 13.4. The van der Waals surface area contributed by atoms with E-state index in [0.29, 0.717) is 12.1 Å². The monoisotopic (exact) mass is 258 g/mol. The van der Waals surface area contributed by atoms with Crippen molar-refractivity contribution >= 4 is 5.97 Å². The van der Waals surface area contributed by atoms with E-state index in [4.69, 9.17) is 0 Å². The van der Waals surface area contributed by atoms with E-state index in [-0.39, 0.29) is 0 Å². The second-order valence-electron chi connectivity index (χ2n) is 3.16. The van der Waals surface area contributed by atoms with Crippen molar-refractivity contribution < 1.29 is 27.2 Å². The Bertz CT molecular complexity index is 612. The number of hydrogen-bond donors (Lipinski definition) is 0. The standard InChI is InChI=1S/C10H5F3N2O3/c1-17-10(16)9-14-8(15-18-9)5-2-4(11)3-6(12)7(5)13/h2-3H,1H3. The largest absolute Gasteiger partial charge is 0.462 e. The molecular formula is C10H5F3N2O3. The van der Waals surface area contributed by atoms with Crippen LogP contribution < -0.4 is 0 Å². The molecule has 0 saturated heterocycles. The lowest BCUT2D eigenvalue weighted by Crippen LogP contribution is -2.01. The predicted molar refractivity (Wildman–Crippen MR) is 50.9 cm³/mol. The van der Waals surface area contributed by atoms with E-state index in [1.807, 2.05) is 0 Å². The maximum atomic E-state index is 13.4. The minimum absolute atomic E-state index is 0.375. The summed E-state index contributed by atoms with van der Waals surface area (Å²) in [6.45, 7) is 0. The number of methoxy groups -OCH3 is 1. The van der Waals surface area contributed by atoms with Crippen molar-refractivity contribution in [3.63, 3.8) is 0 Å². The number of carbonyl (C=O) groups is 1. The Morgan fingerprint density at radius 1 is 1.33 bits per heavy atom. The fourth-order valence-corrected chi connectivity index (χ4v) is 1.22. The molecule has 0 unspecified atom stereocenters. The fraction of sp³-hybridized carbons (Fsp3) is 0.100. The molecular weight excluding hydrogens is 253 g/mol. The Labute approximate surface area is 98.2 Å². The third kappa shape index (κ3) is 2.04. The Balaban J connectivity index is 2.49. The van der Waals surface area contributed by atoms with E-state index < -0.39 is 40.7 Å². The number of esters is 1. The van der Waals surface area contributed by atoms with E-state index in [2.05, 4.69) is 19.4 Å². The van der Waals surface area contributed by atoms with Crippen LogP contribution in [-0.4, -0.2) is 23.2 Å². The Morgan fingerprint density at radius 3 is 2.72 bits per heavy atom. The lowest BCUT2D eigenvalue weighted by atomic mass is 10.2. The number of nitrogens with zero attached hydrogens (tertiary/aromatic N) is 2. The van der Waals surface area contributed by atoms with Gasteiger partial charge in [0.25, 0.3) is 0 Å². The van der Waals surface area contributed by atoms with Crippen LogP contribution in [-0.2, 0) is 4.74 Å². The molecule has 1 heterocycles. The van der Waals surface area contributed by atoms with Crippen molar-refractivity contribution in [3.8, 4) is 11.4 Å². The van der Waals surface area contributed by atoms with Gasteiger partial charge in [-0.05, 0) is 6.07 Å². The van der Waals surface area contributed by atoms with Crippen LogP contribution >= 0.6 is 0 Å². The number of hydrogen-bond acceptors (Lipinski definition) is 5. The van der Waals surface area contributed by atoms with Crippen LogP contribution in [0.2, 0.25) is 0 Å². The summed E-state index contributed by atoms with van der Waals surface area (Å²) >= 11 is 0. The summed E-state index contributed by atoms with van der Waals surface area (Å²) in [6, 6.07) is 1.06. The van der Waals surface area contributed by atoms with Gasteiger partial charge in [0.1, 0.15) is 5.82 Å². The molecule has 0 N–H and O–H groups in total. The molecule has 5 nitrogen and oxygen atoms in total. The summed E-state index contributed by atoms with van der Waals surface area (Å²) in [5, 5.41) is 3.24. The van der Waals surface area contributed by atoms with Crippen molar-refractivity contribution in [2.75, 3.05) is 7.11 Å². The highest BCUT2D eigenvalue weighted by Crippen LogP contribution is 2.23. The lowest BCUT2D eigenvalue weighted by Gasteiger charge is -1.98. The summed E-state index contributed by atoms with van der Waals surface area (Å²) in [6.07, 6.45) is 0. The average molecular weight is 258 g/mol. The lowest BCUT2D eigenvalue weighted by molar-refractivity contribution is 0.0545. The molecule has 2 rings (SSSR count). The highest BCUT2D eigenvalue weighted by Gasteiger charge is 2.21. The average Bonchev–Trinajstić information content (AvgIpc) is 2.82. The van der Waals surface area contributed by atoms with Crippen LogP contribution in [0.5, 0.6) is 0 Å². The number of benzene rings is 1. The van der Waals surface area contributed by atoms with Gasteiger partial charge in [-0.15, -0.1) is 0 Å². The normalized spacial score (nSPS) is 10.4. The van der Waals surface area contributed by atoms with Crippen LogP contribution in [0.4, 0.5) is 13.2 Å². The van der Waals surface area contributed by atoms with E-state index in [1.165, 1.54) is 0 Å². The Kier molecular flexibility index (Phi) is 3.00. The third-order valence-electron chi connectivity index (χ3n) is 2.02. The number of rotatable bonds is 2. The number of halogens is 3. The number of carbonyl (C=O) groups excluding carboxylic acids is 1. The van der Waals surface area contributed by atoms with Gasteiger partial charge >= 0.3 is 11.9 Å². The highest BCUT2D eigenvalue weighted by molar-refractivity contribution is 5.84. The van der Waals surface area contributed by atoms with Gasteiger partial charge in [0.05, 0.1) is 12.7 Å². The number of aromatic nitrogens is 2. The minimum atomic E-state index is -1.39. The molecule has 1 aromatic heterocycles. The SMILES string of the molecule is COC(=O)c1nc(-c2cc(F)cc(F)c2F)no1. The number of ether oxygens (including phenoxy) is 1. The summed E-state index contributed by atoms with van der Waals surface area (Å²) in [5.41, 5.74) is -0.550. The van der Waals surface area contributed by atoms with Gasteiger partial charge in [0.2, 0.25) is 5.82 Å². The van der Waals surface area contributed by atoms with Gasteiger partial charge in [0.15, 0.2) is 11.6 Å². The first-order valence-corrected chi connectivity index (χ1v) is 4.60. The van der Waals surface area contributed by atoms with Gasteiger partial charge < -0.3 is 9.26 Å². The second kappa shape index (κ2) is 4.47. The van der Waals surface area contributed by atoms with E-state index in [1.54, 1.807) is 0 Å². The molecule has 0 aliphatic heterocycles. The minimum Gasteiger partial charge on any atom is -0.462 e. The van der Waals surface area contributed by atoms with Gasteiger partial charge in [0, 0.05) is 6.07 Å². The maximum Gasteiger partial charge on any atom is 0.397 e. The molecule has 0 fully saturated rings. The van der Waals surface area contributed by atoms with Gasteiger partial charge in [-0.1, -0.05) is 5.16 Å². The molecule has 0 spiro atoms. The summed E-state index contributed by atoms with van der Waals surface area (Å²) in [7, 11) is 1.08. The van der Waals surface area contributed by atoms with Gasteiger partial charge in [-0.2, -0.15) is 4.98 Å². The molecule has 0 amide bonds. The molecule has 18 heavy (non-hydrogen) atoms. The zero-order chi connectivity index (χ0) is 13.3. The summed E-state index contributed by atoms with van der Waals surface area (Å²) in [4.78, 5) is 14.5. The fourth-order valence-electron chi connectivity index (χ4n) is 1.22. The first kappa shape index (κ1) is 12.1. The molecule has 0 aliphatic rings. The smallest absolute Gasteiger partial charge is 0.397 e. The molecule has 8 heteroatoms. The summed E-state index contributed by atoms with van der Waals surface area (Å²) in [5.74, 6) is -5.68. The zero-order valence-corrected chi connectivity index (χ0v) is 8.91. The molecule has 1 aromatic carbocycles. The molecule has 2 aromatic rings. The Hall–Kier alpha value is -2.38. The van der Waals surface area contributed by atoms with Gasteiger partial charge in [-0.25, -0.2) is 18.0 Å². The van der Waals surface area contributed by atoms with Crippen LogP contribution in [0.15, 0.2) is 16.7 Å². The van der Waals surface area contributed by atoms with Crippen LogP contribution in [0, 0.1) is 17.5 Å². The predicted octanol–water partition coefficient (Wildman–Crippen LogP) is 1.94. The zero-order valence-electron chi connectivity index (χ0n) is 8.91. The van der Waals surface area contributed by atoms with E-state index >= 15 is 0 Å². The molecule has 0 radical (unpaired) electrons. The molecule has 94 valence electrons. The van der Waals surface area contributed by atoms with Crippen molar-refractivity contribution in [1.82, 2.24) is 10.1 Å². The first-order chi connectivity index (χ1) is 8.52. The van der Waals surface area contributed by atoms with Crippen molar-refractivity contribution in [2.24, 2.45) is 0 Å². The van der Waals surface area contributed by atoms with Crippen LogP contribution in [0.1, 0.15) is 10.7 Å². The highest BCUT2D eigenvalue weighted by atomic mass is 19.2. The van der Waals surface area contributed by atoms with Crippen molar-refractivity contribution in [3.05, 3.63) is 35.5 Å². The third-order valence-corrected chi connectivity index (χ3v) is 2.02. The van der Waals surface area contributed by atoms with Crippen LogP contribution in [0.25, 0.3) is 11.4 Å². The molecule has 0 aliphatic carbocycles. The van der Waals surface area contributed by atoms with E-state index in [9.17, 15) is 18.0 Å².